The largest absolute Gasteiger partial charge is 0.459 e. The van der Waals surface area contributed by atoms with E-state index in [-0.39, 0.29) is 12.7 Å². The van der Waals surface area contributed by atoms with E-state index in [2.05, 4.69) is 5.10 Å². The zero-order valence-electron chi connectivity index (χ0n) is 15.7. The fourth-order valence-corrected chi connectivity index (χ4v) is 3.26. The molecule has 1 aromatic heterocycles. The molecule has 0 spiro atoms. The highest BCUT2D eigenvalue weighted by Crippen LogP contribution is 2.22. The average molecular weight is 393 g/mol. The maximum atomic E-state index is 12.2. The van der Waals surface area contributed by atoms with Crippen molar-refractivity contribution in [3.63, 3.8) is 0 Å². The number of carbonyl (C=O) groups is 1. The van der Waals surface area contributed by atoms with Gasteiger partial charge in [0.15, 0.2) is 6.10 Å². The second-order valence-corrected chi connectivity index (χ2v) is 7.07. The van der Waals surface area contributed by atoms with Gasteiger partial charge in [-0.2, -0.15) is 5.10 Å². The van der Waals surface area contributed by atoms with Gasteiger partial charge >= 0.3 is 5.97 Å². The lowest BCUT2D eigenvalue weighted by atomic mass is 10.2. The SMILES string of the molecule is Cc1nn(Cc2ccccc2)c(Cl)c1COC(=O)C(C)OCC1CCCO1. The van der Waals surface area contributed by atoms with Gasteiger partial charge in [-0.3, -0.25) is 0 Å². The fraction of sp³-hybridized carbons (Fsp3) is 0.500. The Hall–Kier alpha value is -1.89. The van der Waals surface area contributed by atoms with Crippen molar-refractivity contribution in [2.45, 2.75) is 52.0 Å². The summed E-state index contributed by atoms with van der Waals surface area (Å²) in [5, 5.41) is 4.95. The van der Waals surface area contributed by atoms with Crippen LogP contribution >= 0.6 is 11.6 Å². The molecule has 2 aromatic rings. The Kier molecular flexibility index (Phi) is 6.88. The molecule has 2 atom stereocenters. The summed E-state index contributed by atoms with van der Waals surface area (Å²) >= 11 is 6.45. The number of carbonyl (C=O) groups excluding carboxylic acids is 1. The van der Waals surface area contributed by atoms with E-state index in [1.165, 1.54) is 0 Å². The minimum Gasteiger partial charge on any atom is -0.459 e. The highest BCUT2D eigenvalue weighted by molar-refractivity contribution is 6.30. The standard InChI is InChI=1S/C20H25ClN2O4/c1-14-18(19(21)23(22-14)11-16-7-4-3-5-8-16)13-27-20(24)15(2)26-12-17-9-6-10-25-17/h3-5,7-8,15,17H,6,9-13H2,1-2H3. The predicted octanol–water partition coefficient (Wildman–Crippen LogP) is 3.52. The number of esters is 1. The lowest BCUT2D eigenvalue weighted by molar-refractivity contribution is -0.159. The summed E-state index contributed by atoms with van der Waals surface area (Å²) < 4.78 is 18.2. The summed E-state index contributed by atoms with van der Waals surface area (Å²) in [5.74, 6) is -0.417. The molecule has 2 heterocycles. The Morgan fingerprint density at radius 3 is 2.89 bits per heavy atom. The molecule has 1 aliphatic rings. The smallest absolute Gasteiger partial charge is 0.335 e. The van der Waals surface area contributed by atoms with Gasteiger partial charge in [0.2, 0.25) is 0 Å². The summed E-state index contributed by atoms with van der Waals surface area (Å²) in [5.41, 5.74) is 2.56. The van der Waals surface area contributed by atoms with Crippen LogP contribution in [-0.4, -0.2) is 41.2 Å². The van der Waals surface area contributed by atoms with Gasteiger partial charge in [0.25, 0.3) is 0 Å². The van der Waals surface area contributed by atoms with Crippen molar-refractivity contribution in [2.75, 3.05) is 13.2 Å². The third-order valence-electron chi connectivity index (χ3n) is 4.61. The molecule has 146 valence electrons. The molecule has 0 amide bonds. The highest BCUT2D eigenvalue weighted by Gasteiger charge is 2.22. The molecule has 3 rings (SSSR count). The van der Waals surface area contributed by atoms with Crippen LogP contribution in [0.25, 0.3) is 0 Å². The minimum atomic E-state index is -0.646. The van der Waals surface area contributed by atoms with Crippen LogP contribution in [0.5, 0.6) is 0 Å². The van der Waals surface area contributed by atoms with E-state index in [0.717, 1.165) is 30.7 Å². The third kappa shape index (κ3) is 5.31. The summed E-state index contributed by atoms with van der Waals surface area (Å²) in [6.45, 7) is 5.35. The lowest BCUT2D eigenvalue weighted by Gasteiger charge is -2.15. The molecule has 0 aliphatic carbocycles. The second kappa shape index (κ2) is 9.35. The van der Waals surface area contributed by atoms with E-state index < -0.39 is 12.1 Å². The van der Waals surface area contributed by atoms with Crippen molar-refractivity contribution in [2.24, 2.45) is 0 Å². The zero-order valence-corrected chi connectivity index (χ0v) is 16.4. The lowest BCUT2D eigenvalue weighted by Crippen LogP contribution is -2.27. The normalized spacial score (nSPS) is 17.8. The molecular weight excluding hydrogens is 368 g/mol. The van der Waals surface area contributed by atoms with Crippen molar-refractivity contribution >= 4 is 17.6 Å². The molecule has 1 fully saturated rings. The second-order valence-electron chi connectivity index (χ2n) is 6.72. The van der Waals surface area contributed by atoms with Gasteiger partial charge in [-0.15, -0.1) is 0 Å². The Morgan fingerprint density at radius 1 is 1.41 bits per heavy atom. The van der Waals surface area contributed by atoms with Crippen molar-refractivity contribution in [1.29, 1.82) is 0 Å². The molecule has 0 bridgehead atoms. The Bertz CT molecular complexity index is 757. The highest BCUT2D eigenvalue weighted by atomic mass is 35.5. The number of rotatable bonds is 8. The number of aryl methyl sites for hydroxylation is 1. The predicted molar refractivity (Wildman–Crippen MR) is 102 cm³/mol. The topological polar surface area (TPSA) is 62.6 Å². The zero-order chi connectivity index (χ0) is 19.2. The van der Waals surface area contributed by atoms with Crippen molar-refractivity contribution < 1.29 is 19.0 Å². The van der Waals surface area contributed by atoms with Crippen molar-refractivity contribution in [3.05, 3.63) is 52.3 Å². The number of hydrogen-bond acceptors (Lipinski definition) is 5. The van der Waals surface area contributed by atoms with Crippen molar-refractivity contribution in [1.82, 2.24) is 9.78 Å². The summed E-state index contributed by atoms with van der Waals surface area (Å²) in [4.78, 5) is 12.2. The van der Waals surface area contributed by atoms with Crippen LogP contribution in [0.2, 0.25) is 5.15 Å². The van der Waals surface area contributed by atoms with E-state index >= 15 is 0 Å². The van der Waals surface area contributed by atoms with E-state index in [1.807, 2.05) is 37.3 Å². The molecule has 0 N–H and O–H groups in total. The van der Waals surface area contributed by atoms with Gasteiger partial charge in [-0.05, 0) is 32.3 Å². The maximum absolute atomic E-state index is 12.2. The van der Waals surface area contributed by atoms with Crippen LogP contribution in [0.3, 0.4) is 0 Å². The number of halogens is 1. The van der Waals surface area contributed by atoms with E-state index in [0.29, 0.717) is 23.9 Å². The van der Waals surface area contributed by atoms with Crippen LogP contribution in [0, 0.1) is 6.92 Å². The molecule has 1 aliphatic heterocycles. The molecule has 27 heavy (non-hydrogen) atoms. The maximum Gasteiger partial charge on any atom is 0.335 e. The first-order valence-electron chi connectivity index (χ1n) is 9.20. The van der Waals surface area contributed by atoms with Gasteiger partial charge in [0, 0.05) is 12.2 Å². The van der Waals surface area contributed by atoms with E-state index in [1.54, 1.807) is 11.6 Å². The Balaban J connectivity index is 1.53. The Labute approximate surface area is 164 Å². The monoisotopic (exact) mass is 392 g/mol. The van der Waals surface area contributed by atoms with Crippen LogP contribution in [-0.2, 0) is 32.2 Å². The average Bonchev–Trinajstić information content (AvgIpc) is 3.28. The number of benzene rings is 1. The number of ether oxygens (including phenoxy) is 3. The minimum absolute atomic E-state index is 0.0753. The first kappa shape index (κ1) is 19.9. The molecule has 1 saturated heterocycles. The van der Waals surface area contributed by atoms with Crippen molar-refractivity contribution in [3.8, 4) is 0 Å². The molecule has 6 nitrogen and oxygen atoms in total. The van der Waals surface area contributed by atoms with Gasteiger partial charge in [-0.25, -0.2) is 9.48 Å². The number of nitrogens with zero attached hydrogens (tertiary/aromatic N) is 2. The molecule has 7 heteroatoms. The summed E-state index contributed by atoms with van der Waals surface area (Å²) in [6.07, 6.45) is 1.44. The number of aromatic nitrogens is 2. The molecular formula is C20H25ClN2O4. The molecule has 2 unspecified atom stereocenters. The first-order chi connectivity index (χ1) is 13.0. The first-order valence-corrected chi connectivity index (χ1v) is 9.58. The summed E-state index contributed by atoms with van der Waals surface area (Å²) in [7, 11) is 0. The van der Waals surface area contributed by atoms with Gasteiger partial charge in [0.05, 0.1) is 24.9 Å². The van der Waals surface area contributed by atoms with E-state index in [4.69, 9.17) is 25.8 Å². The van der Waals surface area contributed by atoms with Crippen LogP contribution < -0.4 is 0 Å². The molecule has 0 radical (unpaired) electrons. The third-order valence-corrected chi connectivity index (χ3v) is 5.03. The van der Waals surface area contributed by atoms with Gasteiger partial charge < -0.3 is 14.2 Å². The van der Waals surface area contributed by atoms with Crippen LogP contribution in [0.1, 0.15) is 36.6 Å². The van der Waals surface area contributed by atoms with Gasteiger partial charge in [0.1, 0.15) is 11.8 Å². The van der Waals surface area contributed by atoms with Gasteiger partial charge in [-0.1, -0.05) is 41.9 Å². The quantitative estimate of drug-likeness (QED) is 0.643. The Morgan fingerprint density at radius 2 is 2.19 bits per heavy atom. The number of hydrogen-bond donors (Lipinski definition) is 0. The molecule has 0 saturated carbocycles. The van der Waals surface area contributed by atoms with E-state index in [9.17, 15) is 4.79 Å². The summed E-state index contributed by atoms with van der Waals surface area (Å²) in [6, 6.07) is 9.94. The van der Waals surface area contributed by atoms with Crippen LogP contribution in [0.15, 0.2) is 30.3 Å². The fourth-order valence-electron chi connectivity index (χ4n) is 2.97. The van der Waals surface area contributed by atoms with Crippen LogP contribution in [0.4, 0.5) is 0 Å². The molecule has 1 aromatic carbocycles.